The van der Waals surface area contributed by atoms with Gasteiger partial charge in [-0.3, -0.25) is 9.59 Å². The molecule has 0 aliphatic carbocycles. The largest absolute Gasteiger partial charge is 0.505 e. The number of nitrogens with zero attached hydrogens (tertiary/aromatic N) is 2. The second kappa shape index (κ2) is 7.74. The Balaban J connectivity index is 1.66. The van der Waals surface area contributed by atoms with Crippen LogP contribution in [0, 0.1) is 11.2 Å². The van der Waals surface area contributed by atoms with Gasteiger partial charge in [-0.2, -0.15) is 0 Å². The molecule has 154 valence electrons. The number of aromatic nitrogens is 1. The summed E-state index contributed by atoms with van der Waals surface area (Å²) < 4.78 is 13.8. The number of halogens is 1. The number of fused-ring (bicyclic) bond motifs is 2. The van der Waals surface area contributed by atoms with Crippen molar-refractivity contribution in [2.75, 3.05) is 6.54 Å². The summed E-state index contributed by atoms with van der Waals surface area (Å²) in [6, 6.07) is 3.37. The molecule has 2 aliphatic rings. The van der Waals surface area contributed by atoms with Gasteiger partial charge in [0.25, 0.3) is 5.91 Å². The maximum Gasteiger partial charge on any atom is 0.254 e. The summed E-state index contributed by atoms with van der Waals surface area (Å²) in [5.41, 5.74) is 2.08. The maximum absolute atomic E-state index is 13.8. The summed E-state index contributed by atoms with van der Waals surface area (Å²) in [5.74, 6) is -1.63. The highest BCUT2D eigenvalue weighted by Crippen LogP contribution is 2.52. The molecule has 0 radical (unpaired) electrons. The third-order valence-electron chi connectivity index (χ3n) is 6.14. The van der Waals surface area contributed by atoms with E-state index < -0.39 is 17.0 Å². The number of rotatable bonds is 6. The minimum Gasteiger partial charge on any atom is -0.505 e. The molecule has 6 nitrogen and oxygen atoms in total. The lowest BCUT2D eigenvalue weighted by atomic mass is 9.70. The van der Waals surface area contributed by atoms with Gasteiger partial charge in [0.05, 0.1) is 16.6 Å². The van der Waals surface area contributed by atoms with Crippen LogP contribution in [0.4, 0.5) is 4.39 Å². The van der Waals surface area contributed by atoms with Crippen LogP contribution in [0.5, 0.6) is 5.75 Å². The average molecular weight is 418 g/mol. The normalized spacial score (nSPS) is 25.4. The monoisotopic (exact) mass is 417 g/mol. The summed E-state index contributed by atoms with van der Waals surface area (Å²) in [4.78, 5) is 32.7. The van der Waals surface area contributed by atoms with E-state index >= 15 is 0 Å². The standard InChI is InChI=1S/C21H24FN3O3S/c1-2-7-23-20(28)21(9-14-11-29-12-24-14)10-15-4-6-18(21)25(15)19(27)13-3-5-17(26)16(22)8-13/h3,5,8,11-12,15,18,26H,2,4,6-7,9-10H2,1H3,(H,23,28)/t15-,18+,21+/m1/s1. The van der Waals surface area contributed by atoms with E-state index in [1.54, 1.807) is 10.4 Å². The van der Waals surface area contributed by atoms with Crippen molar-refractivity contribution in [3.63, 3.8) is 0 Å². The van der Waals surface area contributed by atoms with E-state index in [0.717, 1.165) is 31.0 Å². The first-order valence-electron chi connectivity index (χ1n) is 9.93. The van der Waals surface area contributed by atoms with Gasteiger partial charge in [-0.15, -0.1) is 11.3 Å². The molecule has 0 spiro atoms. The smallest absolute Gasteiger partial charge is 0.254 e. The van der Waals surface area contributed by atoms with E-state index in [9.17, 15) is 19.1 Å². The Hall–Kier alpha value is -2.48. The van der Waals surface area contributed by atoms with Gasteiger partial charge >= 0.3 is 0 Å². The van der Waals surface area contributed by atoms with Gasteiger partial charge < -0.3 is 15.3 Å². The number of amides is 2. The molecule has 2 aliphatic heterocycles. The maximum atomic E-state index is 13.8. The van der Waals surface area contributed by atoms with Crippen molar-refractivity contribution < 1.29 is 19.1 Å². The number of thiazole rings is 1. The minimum absolute atomic E-state index is 0.0331. The van der Waals surface area contributed by atoms with E-state index in [1.807, 2.05) is 12.3 Å². The molecule has 2 aromatic rings. The van der Waals surface area contributed by atoms with Crippen LogP contribution in [-0.2, 0) is 11.2 Å². The zero-order chi connectivity index (χ0) is 20.6. The molecule has 0 unspecified atom stereocenters. The predicted octanol–water partition coefficient (Wildman–Crippen LogP) is 3.12. The fourth-order valence-corrected chi connectivity index (χ4v) is 5.41. The molecule has 0 saturated carbocycles. The van der Waals surface area contributed by atoms with E-state index in [4.69, 9.17) is 0 Å². The first-order chi connectivity index (χ1) is 14.0. The van der Waals surface area contributed by atoms with E-state index in [0.29, 0.717) is 19.4 Å². The fourth-order valence-electron chi connectivity index (χ4n) is 4.86. The molecule has 2 fully saturated rings. The van der Waals surface area contributed by atoms with E-state index in [-0.39, 0.29) is 29.5 Å². The Morgan fingerprint density at radius 3 is 2.93 bits per heavy atom. The Bertz CT molecular complexity index is 920. The Kier molecular flexibility index (Phi) is 5.29. The van der Waals surface area contributed by atoms with Gasteiger partial charge in [0.2, 0.25) is 5.91 Å². The molecule has 2 bridgehead atoms. The van der Waals surface area contributed by atoms with Gasteiger partial charge in [0.1, 0.15) is 0 Å². The number of phenols is 1. The molecule has 2 saturated heterocycles. The van der Waals surface area contributed by atoms with Crippen LogP contribution in [0.3, 0.4) is 0 Å². The van der Waals surface area contributed by atoms with Crippen LogP contribution in [0.2, 0.25) is 0 Å². The molecule has 1 aromatic carbocycles. The second-order valence-electron chi connectivity index (χ2n) is 7.90. The minimum atomic E-state index is -0.822. The van der Waals surface area contributed by atoms with Crippen molar-refractivity contribution in [1.82, 2.24) is 15.2 Å². The van der Waals surface area contributed by atoms with Gasteiger partial charge in [0.15, 0.2) is 11.6 Å². The van der Waals surface area contributed by atoms with Crippen LogP contribution in [0.25, 0.3) is 0 Å². The van der Waals surface area contributed by atoms with Crippen LogP contribution < -0.4 is 5.32 Å². The van der Waals surface area contributed by atoms with Crippen LogP contribution >= 0.6 is 11.3 Å². The molecule has 3 atom stereocenters. The highest BCUT2D eigenvalue weighted by Gasteiger charge is 2.61. The van der Waals surface area contributed by atoms with Crippen LogP contribution in [-0.4, -0.2) is 45.4 Å². The van der Waals surface area contributed by atoms with E-state index in [2.05, 4.69) is 10.3 Å². The summed E-state index contributed by atoms with van der Waals surface area (Å²) in [7, 11) is 0. The number of benzene rings is 1. The zero-order valence-corrected chi connectivity index (χ0v) is 17.0. The summed E-state index contributed by atoms with van der Waals surface area (Å²) in [6.07, 6.45) is 3.47. The average Bonchev–Trinajstić information content (AvgIpc) is 3.43. The van der Waals surface area contributed by atoms with Crippen LogP contribution in [0.1, 0.15) is 48.7 Å². The molecular formula is C21H24FN3O3S. The Labute approximate surface area is 172 Å². The summed E-state index contributed by atoms with van der Waals surface area (Å²) in [5, 5.41) is 14.4. The number of phenolic OH excluding ortho intramolecular Hbond substituents is 1. The lowest BCUT2D eigenvalue weighted by Gasteiger charge is -2.35. The van der Waals surface area contributed by atoms with E-state index in [1.165, 1.54) is 23.5 Å². The number of hydrogen-bond acceptors (Lipinski definition) is 5. The third kappa shape index (κ3) is 3.39. The quantitative estimate of drug-likeness (QED) is 0.757. The first-order valence-corrected chi connectivity index (χ1v) is 10.9. The lowest BCUT2D eigenvalue weighted by Crippen LogP contribution is -2.51. The molecule has 8 heteroatoms. The fraction of sp³-hybridized carbons (Fsp3) is 0.476. The van der Waals surface area contributed by atoms with Crippen molar-refractivity contribution >= 4 is 23.2 Å². The van der Waals surface area contributed by atoms with Crippen molar-refractivity contribution in [1.29, 1.82) is 0 Å². The molecule has 2 N–H and O–H groups in total. The lowest BCUT2D eigenvalue weighted by molar-refractivity contribution is -0.132. The highest BCUT2D eigenvalue weighted by atomic mass is 32.1. The number of aromatic hydroxyl groups is 1. The molecule has 29 heavy (non-hydrogen) atoms. The third-order valence-corrected chi connectivity index (χ3v) is 6.77. The number of nitrogens with one attached hydrogen (secondary N) is 1. The first kappa shape index (κ1) is 19.8. The summed E-state index contributed by atoms with van der Waals surface area (Å²) >= 11 is 1.49. The molecule has 3 heterocycles. The number of hydrogen-bond donors (Lipinski definition) is 2. The zero-order valence-electron chi connectivity index (χ0n) is 16.2. The van der Waals surface area contributed by atoms with Crippen molar-refractivity contribution in [2.24, 2.45) is 5.41 Å². The van der Waals surface area contributed by atoms with Crippen molar-refractivity contribution in [2.45, 2.75) is 51.1 Å². The Morgan fingerprint density at radius 1 is 1.41 bits per heavy atom. The molecule has 4 rings (SSSR count). The van der Waals surface area contributed by atoms with Gasteiger partial charge in [-0.1, -0.05) is 6.92 Å². The van der Waals surface area contributed by atoms with Gasteiger partial charge in [-0.25, -0.2) is 9.37 Å². The summed E-state index contributed by atoms with van der Waals surface area (Å²) in [6.45, 7) is 2.59. The topological polar surface area (TPSA) is 82.5 Å². The van der Waals surface area contributed by atoms with Crippen molar-refractivity contribution in [3.05, 3.63) is 46.2 Å². The number of carbonyl (C=O) groups excluding carboxylic acids is 2. The number of carbonyl (C=O) groups is 2. The van der Waals surface area contributed by atoms with Gasteiger partial charge in [0, 0.05) is 36.0 Å². The highest BCUT2D eigenvalue weighted by molar-refractivity contribution is 7.07. The molecule has 2 amide bonds. The SMILES string of the molecule is CCCNC(=O)[C@@]1(Cc2cscn2)C[C@H]2CC[C@@H]1N2C(=O)c1ccc(O)c(F)c1. The Morgan fingerprint density at radius 2 is 2.24 bits per heavy atom. The predicted molar refractivity (Wildman–Crippen MR) is 107 cm³/mol. The van der Waals surface area contributed by atoms with Crippen LogP contribution in [0.15, 0.2) is 29.1 Å². The second-order valence-corrected chi connectivity index (χ2v) is 8.62. The van der Waals surface area contributed by atoms with Crippen molar-refractivity contribution in [3.8, 4) is 5.75 Å². The van der Waals surface area contributed by atoms with Gasteiger partial charge in [-0.05, 0) is 43.9 Å². The molecule has 1 aromatic heterocycles. The molecular weight excluding hydrogens is 393 g/mol.